The summed E-state index contributed by atoms with van der Waals surface area (Å²) >= 11 is 1.01. The summed E-state index contributed by atoms with van der Waals surface area (Å²) in [6, 6.07) is -0.112. The van der Waals surface area contributed by atoms with Gasteiger partial charge in [-0.15, -0.1) is 11.3 Å². The van der Waals surface area contributed by atoms with Crippen LogP contribution in [0.4, 0.5) is 0 Å². The van der Waals surface area contributed by atoms with Gasteiger partial charge in [0.25, 0.3) is 5.91 Å². The molecule has 0 radical (unpaired) electrons. The van der Waals surface area contributed by atoms with E-state index < -0.39 is 5.97 Å². The number of carboxylic acid groups (broad SMARTS) is 1. The molecule has 8 heteroatoms. The maximum atomic E-state index is 11.8. The molecule has 0 aliphatic heterocycles. The minimum atomic E-state index is -1.14. The van der Waals surface area contributed by atoms with Crippen LogP contribution in [0.5, 0.6) is 0 Å². The third kappa shape index (κ3) is 3.38. The van der Waals surface area contributed by atoms with Crippen molar-refractivity contribution in [2.75, 3.05) is 0 Å². The summed E-state index contributed by atoms with van der Waals surface area (Å²) in [5.41, 5.74) is -0.114. The highest BCUT2D eigenvalue weighted by Crippen LogP contribution is 2.10. The number of hydrogen-bond donors (Lipinski definition) is 2. The molecule has 2 aromatic heterocycles. The number of thiazole rings is 1. The summed E-state index contributed by atoms with van der Waals surface area (Å²) in [7, 11) is 0. The summed E-state index contributed by atoms with van der Waals surface area (Å²) in [4.78, 5) is 30.2. The summed E-state index contributed by atoms with van der Waals surface area (Å²) in [6.07, 6.45) is 5.12. The maximum absolute atomic E-state index is 11.8. The van der Waals surface area contributed by atoms with Gasteiger partial charge in [-0.1, -0.05) is 0 Å². The van der Waals surface area contributed by atoms with Gasteiger partial charge >= 0.3 is 5.97 Å². The first-order valence-electron chi connectivity index (χ1n) is 5.51. The van der Waals surface area contributed by atoms with Crippen LogP contribution in [0.15, 0.2) is 24.1 Å². The molecule has 1 atom stereocenters. The molecular weight excluding hydrogens is 268 g/mol. The Labute approximate surface area is 112 Å². The molecule has 0 aromatic carbocycles. The fourth-order valence-electron chi connectivity index (χ4n) is 1.52. The number of nitrogens with one attached hydrogen (secondary N) is 1. The first-order valence-corrected chi connectivity index (χ1v) is 6.39. The standard InChI is InChI=1S/C11H12N4O3S/c1-7(4-15-3-2-12-6-15)13-9(16)10-14-8(5-19-10)11(17)18/h2-3,5-7H,4H2,1H3,(H,13,16)(H,17,18). The van der Waals surface area contributed by atoms with E-state index in [0.29, 0.717) is 6.54 Å². The largest absolute Gasteiger partial charge is 0.476 e. The topological polar surface area (TPSA) is 97.1 Å². The molecule has 0 fully saturated rings. The van der Waals surface area contributed by atoms with Crippen molar-refractivity contribution in [3.05, 3.63) is 34.8 Å². The Bertz CT molecular complexity index is 579. The zero-order valence-electron chi connectivity index (χ0n) is 10.1. The summed E-state index contributed by atoms with van der Waals surface area (Å²) < 4.78 is 1.84. The van der Waals surface area contributed by atoms with E-state index in [4.69, 9.17) is 5.11 Å². The Kier molecular flexibility index (Phi) is 3.91. The molecule has 0 aliphatic rings. The van der Waals surface area contributed by atoms with Crippen LogP contribution in [0.25, 0.3) is 0 Å². The molecule has 1 unspecified atom stereocenters. The summed E-state index contributed by atoms with van der Waals surface area (Å²) in [5, 5.41) is 13.0. The Morgan fingerprint density at radius 3 is 2.95 bits per heavy atom. The third-order valence-corrected chi connectivity index (χ3v) is 3.18. The fourth-order valence-corrected chi connectivity index (χ4v) is 2.21. The molecule has 0 aliphatic carbocycles. The molecule has 2 aromatic rings. The van der Waals surface area contributed by atoms with Gasteiger partial charge in [0.05, 0.1) is 6.33 Å². The van der Waals surface area contributed by atoms with Crippen molar-refractivity contribution < 1.29 is 14.7 Å². The molecule has 2 rings (SSSR count). The lowest BCUT2D eigenvalue weighted by Gasteiger charge is -2.13. The predicted octanol–water partition coefficient (Wildman–Crippen LogP) is 0.856. The van der Waals surface area contributed by atoms with E-state index in [9.17, 15) is 9.59 Å². The highest BCUT2D eigenvalue weighted by molar-refractivity contribution is 7.11. The molecule has 0 bridgehead atoms. The number of nitrogens with zero attached hydrogens (tertiary/aromatic N) is 3. The van der Waals surface area contributed by atoms with Crippen molar-refractivity contribution in [2.45, 2.75) is 19.5 Å². The Hall–Kier alpha value is -2.22. The lowest BCUT2D eigenvalue weighted by Crippen LogP contribution is -2.35. The van der Waals surface area contributed by atoms with Gasteiger partial charge in [0.2, 0.25) is 0 Å². The maximum Gasteiger partial charge on any atom is 0.355 e. The molecule has 7 nitrogen and oxygen atoms in total. The number of carbonyl (C=O) groups is 2. The lowest BCUT2D eigenvalue weighted by atomic mass is 10.3. The van der Waals surface area contributed by atoms with E-state index in [1.165, 1.54) is 5.38 Å². The zero-order valence-corrected chi connectivity index (χ0v) is 10.9. The van der Waals surface area contributed by atoms with Crippen LogP contribution in [0.3, 0.4) is 0 Å². The molecule has 0 spiro atoms. The second kappa shape index (κ2) is 5.61. The van der Waals surface area contributed by atoms with Gasteiger partial charge in [-0.05, 0) is 6.92 Å². The summed E-state index contributed by atoms with van der Waals surface area (Å²) in [5.74, 6) is -1.51. The van der Waals surface area contributed by atoms with Gasteiger partial charge in [-0.25, -0.2) is 14.8 Å². The highest BCUT2D eigenvalue weighted by atomic mass is 32.1. The van der Waals surface area contributed by atoms with E-state index in [0.717, 1.165) is 11.3 Å². The van der Waals surface area contributed by atoms with Crippen LogP contribution >= 0.6 is 11.3 Å². The number of aromatic nitrogens is 3. The predicted molar refractivity (Wildman–Crippen MR) is 68.2 cm³/mol. The van der Waals surface area contributed by atoms with E-state index in [1.54, 1.807) is 18.7 Å². The van der Waals surface area contributed by atoms with Crippen molar-refractivity contribution >= 4 is 23.2 Å². The first-order chi connectivity index (χ1) is 9.06. The Morgan fingerprint density at radius 2 is 2.37 bits per heavy atom. The molecule has 19 heavy (non-hydrogen) atoms. The number of imidazole rings is 1. The minimum Gasteiger partial charge on any atom is -0.476 e. The Morgan fingerprint density at radius 1 is 1.58 bits per heavy atom. The van der Waals surface area contributed by atoms with Crippen molar-refractivity contribution in [3.63, 3.8) is 0 Å². The monoisotopic (exact) mass is 280 g/mol. The zero-order chi connectivity index (χ0) is 13.8. The van der Waals surface area contributed by atoms with Crippen LogP contribution < -0.4 is 5.32 Å². The first kappa shape index (κ1) is 13.2. The molecule has 0 saturated carbocycles. The molecule has 0 saturated heterocycles. The van der Waals surface area contributed by atoms with Crippen LogP contribution in [0.1, 0.15) is 27.2 Å². The van der Waals surface area contributed by atoms with Gasteiger partial charge in [0, 0.05) is 30.4 Å². The SMILES string of the molecule is CC(Cn1ccnc1)NC(=O)c1nc(C(=O)O)cs1. The van der Waals surface area contributed by atoms with Crippen molar-refractivity contribution in [1.82, 2.24) is 19.9 Å². The summed E-state index contributed by atoms with van der Waals surface area (Å²) in [6.45, 7) is 2.44. The number of rotatable bonds is 5. The highest BCUT2D eigenvalue weighted by Gasteiger charge is 2.16. The van der Waals surface area contributed by atoms with Gasteiger partial charge in [0.1, 0.15) is 0 Å². The molecular formula is C11H12N4O3S. The normalized spacial score (nSPS) is 12.1. The van der Waals surface area contributed by atoms with Crippen LogP contribution in [-0.4, -0.2) is 37.6 Å². The van der Waals surface area contributed by atoms with Crippen molar-refractivity contribution in [3.8, 4) is 0 Å². The van der Waals surface area contributed by atoms with E-state index in [-0.39, 0.29) is 22.7 Å². The Balaban J connectivity index is 1.94. The molecule has 2 heterocycles. The smallest absolute Gasteiger partial charge is 0.355 e. The fraction of sp³-hybridized carbons (Fsp3) is 0.273. The van der Waals surface area contributed by atoms with Crippen molar-refractivity contribution in [1.29, 1.82) is 0 Å². The van der Waals surface area contributed by atoms with Crippen molar-refractivity contribution in [2.24, 2.45) is 0 Å². The van der Waals surface area contributed by atoms with Crippen LogP contribution in [-0.2, 0) is 6.54 Å². The second-order valence-corrected chi connectivity index (χ2v) is 4.84. The average molecular weight is 280 g/mol. The number of aromatic carboxylic acids is 1. The second-order valence-electron chi connectivity index (χ2n) is 3.98. The number of amides is 1. The van der Waals surface area contributed by atoms with Gasteiger partial charge < -0.3 is 15.0 Å². The molecule has 2 N–H and O–H groups in total. The van der Waals surface area contributed by atoms with E-state index in [2.05, 4.69) is 15.3 Å². The van der Waals surface area contributed by atoms with Gasteiger partial charge in [-0.2, -0.15) is 0 Å². The van der Waals surface area contributed by atoms with Crippen LogP contribution in [0, 0.1) is 0 Å². The molecule has 1 amide bonds. The number of carbonyl (C=O) groups excluding carboxylic acids is 1. The minimum absolute atomic E-state index is 0.112. The number of hydrogen-bond acceptors (Lipinski definition) is 5. The van der Waals surface area contributed by atoms with Gasteiger partial charge in [-0.3, -0.25) is 4.79 Å². The molecule has 100 valence electrons. The van der Waals surface area contributed by atoms with E-state index in [1.807, 2.05) is 11.5 Å². The lowest BCUT2D eigenvalue weighted by molar-refractivity contribution is 0.0691. The van der Waals surface area contributed by atoms with E-state index >= 15 is 0 Å². The quantitative estimate of drug-likeness (QED) is 0.846. The van der Waals surface area contributed by atoms with Crippen LogP contribution in [0.2, 0.25) is 0 Å². The van der Waals surface area contributed by atoms with Gasteiger partial charge in [0.15, 0.2) is 10.7 Å². The third-order valence-electron chi connectivity index (χ3n) is 2.34. The number of carboxylic acids is 1. The average Bonchev–Trinajstić information content (AvgIpc) is 2.98.